The van der Waals surface area contributed by atoms with Crippen molar-refractivity contribution in [1.82, 2.24) is 4.57 Å². The molecule has 0 saturated heterocycles. The van der Waals surface area contributed by atoms with Crippen molar-refractivity contribution in [3.05, 3.63) is 30.0 Å². The molecule has 0 radical (unpaired) electrons. The Balaban J connectivity index is 2.58. The highest BCUT2D eigenvalue weighted by atomic mass is 16.3. The van der Waals surface area contributed by atoms with Gasteiger partial charge in [-0.05, 0) is 44.5 Å². The van der Waals surface area contributed by atoms with Crippen molar-refractivity contribution < 1.29 is 10.2 Å². The van der Waals surface area contributed by atoms with Gasteiger partial charge in [0.15, 0.2) is 0 Å². The molecule has 3 heteroatoms. The van der Waals surface area contributed by atoms with Crippen molar-refractivity contribution in [3.8, 4) is 5.75 Å². The Morgan fingerprint density at radius 1 is 1.29 bits per heavy atom. The zero-order valence-corrected chi connectivity index (χ0v) is 10.6. The molecule has 0 aliphatic carbocycles. The summed E-state index contributed by atoms with van der Waals surface area (Å²) in [6, 6.07) is 5.38. The number of benzene rings is 1. The van der Waals surface area contributed by atoms with Gasteiger partial charge in [-0.25, -0.2) is 0 Å². The Labute approximate surface area is 101 Å². The molecule has 1 aromatic carbocycles. The molecular formula is C14H19NO2. The van der Waals surface area contributed by atoms with Crippen molar-refractivity contribution in [2.45, 2.75) is 39.3 Å². The first-order valence-corrected chi connectivity index (χ1v) is 5.94. The summed E-state index contributed by atoms with van der Waals surface area (Å²) in [5.74, 6) is 0.267. The fourth-order valence-electron chi connectivity index (χ4n) is 2.23. The van der Waals surface area contributed by atoms with E-state index in [1.165, 1.54) is 0 Å². The van der Waals surface area contributed by atoms with Gasteiger partial charge in [-0.2, -0.15) is 0 Å². The largest absolute Gasteiger partial charge is 0.508 e. The number of aliphatic hydroxyl groups is 1. The molecular weight excluding hydrogens is 214 g/mol. The monoisotopic (exact) mass is 233 g/mol. The lowest BCUT2D eigenvalue weighted by molar-refractivity contribution is 0.0813. The second-order valence-corrected chi connectivity index (χ2v) is 5.13. The molecule has 0 aliphatic heterocycles. The first-order chi connectivity index (χ1) is 7.90. The van der Waals surface area contributed by atoms with Crippen molar-refractivity contribution in [2.75, 3.05) is 0 Å². The van der Waals surface area contributed by atoms with Gasteiger partial charge in [0, 0.05) is 30.1 Å². The number of aromatic nitrogens is 1. The topological polar surface area (TPSA) is 45.4 Å². The second kappa shape index (κ2) is 4.08. The highest BCUT2D eigenvalue weighted by Gasteiger charge is 2.17. The van der Waals surface area contributed by atoms with Gasteiger partial charge < -0.3 is 14.8 Å². The Morgan fingerprint density at radius 2 is 2.00 bits per heavy atom. The summed E-state index contributed by atoms with van der Waals surface area (Å²) in [7, 11) is 0. The minimum Gasteiger partial charge on any atom is -0.508 e. The number of phenols is 1. The number of phenolic OH excluding ortho intramolecular Hbond substituents is 1. The Bertz CT molecular complexity index is 535. The van der Waals surface area contributed by atoms with Crippen LogP contribution < -0.4 is 0 Å². The molecule has 0 fully saturated rings. The summed E-state index contributed by atoms with van der Waals surface area (Å²) < 4.78 is 2.13. The zero-order chi connectivity index (χ0) is 12.6. The Kier molecular flexibility index (Phi) is 2.87. The van der Waals surface area contributed by atoms with Crippen molar-refractivity contribution in [3.63, 3.8) is 0 Å². The van der Waals surface area contributed by atoms with Crippen LogP contribution >= 0.6 is 0 Å². The lowest BCUT2D eigenvalue weighted by Gasteiger charge is -2.16. The lowest BCUT2D eigenvalue weighted by Crippen LogP contribution is -2.21. The van der Waals surface area contributed by atoms with Gasteiger partial charge in [0.1, 0.15) is 5.75 Å². The van der Waals surface area contributed by atoms with Crippen molar-refractivity contribution in [2.24, 2.45) is 0 Å². The van der Waals surface area contributed by atoms with Crippen molar-refractivity contribution >= 4 is 10.9 Å². The molecule has 0 bridgehead atoms. The normalized spacial score (nSPS) is 12.2. The van der Waals surface area contributed by atoms with Gasteiger partial charge in [-0.3, -0.25) is 0 Å². The summed E-state index contributed by atoms with van der Waals surface area (Å²) in [6.07, 6.45) is 2.64. The van der Waals surface area contributed by atoms with Crippen LogP contribution in [0.25, 0.3) is 10.9 Å². The number of rotatable bonds is 3. The molecule has 1 heterocycles. The minimum absolute atomic E-state index is 0.267. The fourth-order valence-corrected chi connectivity index (χ4v) is 2.23. The fraction of sp³-hybridized carbons (Fsp3) is 0.429. The first kappa shape index (κ1) is 12.0. The van der Waals surface area contributed by atoms with E-state index in [9.17, 15) is 10.2 Å². The van der Waals surface area contributed by atoms with Crippen LogP contribution in [0.5, 0.6) is 5.75 Å². The molecule has 0 amide bonds. The summed E-state index contributed by atoms with van der Waals surface area (Å²) >= 11 is 0. The standard InChI is InChI=1S/C14H19NO2/c1-4-15-9-10(8-14(2,3)17)12-7-11(16)5-6-13(12)15/h5-7,9,16-17H,4,8H2,1-3H3. The van der Waals surface area contributed by atoms with Gasteiger partial charge in [0.05, 0.1) is 5.60 Å². The van der Waals surface area contributed by atoms with E-state index < -0.39 is 5.60 Å². The van der Waals surface area contributed by atoms with E-state index in [0.29, 0.717) is 6.42 Å². The SMILES string of the molecule is CCn1cc(CC(C)(C)O)c2cc(O)ccc21. The number of aryl methyl sites for hydroxylation is 1. The summed E-state index contributed by atoms with van der Waals surface area (Å²) in [5, 5.41) is 20.5. The molecule has 17 heavy (non-hydrogen) atoms. The molecule has 2 aromatic rings. The Hall–Kier alpha value is -1.48. The van der Waals surface area contributed by atoms with E-state index >= 15 is 0 Å². The third-order valence-corrected chi connectivity index (χ3v) is 2.91. The second-order valence-electron chi connectivity index (χ2n) is 5.13. The van der Waals surface area contributed by atoms with Gasteiger partial charge in [-0.1, -0.05) is 0 Å². The van der Waals surface area contributed by atoms with E-state index in [4.69, 9.17) is 0 Å². The van der Waals surface area contributed by atoms with E-state index in [2.05, 4.69) is 17.7 Å². The van der Waals surface area contributed by atoms with Crippen LogP contribution in [0.3, 0.4) is 0 Å². The smallest absolute Gasteiger partial charge is 0.116 e. The maximum Gasteiger partial charge on any atom is 0.116 e. The highest BCUT2D eigenvalue weighted by Crippen LogP contribution is 2.28. The van der Waals surface area contributed by atoms with Gasteiger partial charge in [0.25, 0.3) is 0 Å². The number of hydrogen-bond acceptors (Lipinski definition) is 2. The van der Waals surface area contributed by atoms with Gasteiger partial charge in [0.2, 0.25) is 0 Å². The maximum absolute atomic E-state index is 9.91. The highest BCUT2D eigenvalue weighted by molar-refractivity contribution is 5.85. The third kappa shape index (κ3) is 2.44. The third-order valence-electron chi connectivity index (χ3n) is 2.91. The minimum atomic E-state index is -0.738. The number of fused-ring (bicyclic) bond motifs is 1. The molecule has 0 unspecified atom stereocenters. The van der Waals surface area contributed by atoms with Crippen LogP contribution in [0.4, 0.5) is 0 Å². The number of hydrogen-bond donors (Lipinski definition) is 2. The van der Waals surface area contributed by atoms with Crippen LogP contribution in [0.1, 0.15) is 26.3 Å². The maximum atomic E-state index is 9.91. The number of aromatic hydroxyl groups is 1. The molecule has 0 saturated carbocycles. The van der Waals surface area contributed by atoms with Gasteiger partial charge in [-0.15, -0.1) is 0 Å². The molecule has 0 aliphatic rings. The quantitative estimate of drug-likeness (QED) is 0.856. The van der Waals surface area contributed by atoms with E-state index in [1.807, 2.05) is 6.07 Å². The van der Waals surface area contributed by atoms with Gasteiger partial charge >= 0.3 is 0 Å². The first-order valence-electron chi connectivity index (χ1n) is 5.94. The molecule has 1 aromatic heterocycles. The van der Waals surface area contributed by atoms with E-state index in [0.717, 1.165) is 23.0 Å². The Morgan fingerprint density at radius 3 is 2.59 bits per heavy atom. The number of nitrogens with zero attached hydrogens (tertiary/aromatic N) is 1. The predicted octanol–water partition coefficient (Wildman–Crippen LogP) is 2.68. The summed E-state index contributed by atoms with van der Waals surface area (Å²) in [4.78, 5) is 0. The van der Waals surface area contributed by atoms with Crippen molar-refractivity contribution in [1.29, 1.82) is 0 Å². The molecule has 0 spiro atoms. The van der Waals surface area contributed by atoms with Crippen LogP contribution in [0.2, 0.25) is 0 Å². The van der Waals surface area contributed by atoms with Crippen LogP contribution in [-0.4, -0.2) is 20.4 Å². The molecule has 3 nitrogen and oxygen atoms in total. The average molecular weight is 233 g/mol. The van der Waals surface area contributed by atoms with Crippen LogP contribution in [0, 0.1) is 0 Å². The molecule has 92 valence electrons. The molecule has 2 N–H and O–H groups in total. The molecule has 0 atom stereocenters. The average Bonchev–Trinajstić information content (AvgIpc) is 2.54. The van der Waals surface area contributed by atoms with Crippen LogP contribution in [-0.2, 0) is 13.0 Å². The van der Waals surface area contributed by atoms with E-state index in [-0.39, 0.29) is 5.75 Å². The molecule has 2 rings (SSSR count). The van der Waals surface area contributed by atoms with Crippen LogP contribution in [0.15, 0.2) is 24.4 Å². The zero-order valence-electron chi connectivity index (χ0n) is 10.6. The summed E-state index contributed by atoms with van der Waals surface area (Å²) in [6.45, 7) is 6.56. The lowest BCUT2D eigenvalue weighted by atomic mass is 9.98. The predicted molar refractivity (Wildman–Crippen MR) is 69.3 cm³/mol. The van der Waals surface area contributed by atoms with E-state index in [1.54, 1.807) is 26.0 Å². The summed E-state index contributed by atoms with van der Waals surface area (Å²) in [5.41, 5.74) is 1.44.